The van der Waals surface area contributed by atoms with Gasteiger partial charge in [0.2, 0.25) is 0 Å². The number of aromatic carboxylic acids is 1. The minimum atomic E-state index is -1.29. The molecule has 19 heavy (non-hydrogen) atoms. The molecule has 2 N–H and O–H groups in total. The van der Waals surface area contributed by atoms with E-state index in [0.717, 1.165) is 11.9 Å². The van der Waals surface area contributed by atoms with E-state index in [1.165, 1.54) is 0 Å². The zero-order valence-electron chi connectivity index (χ0n) is 10.00. The zero-order valence-corrected chi connectivity index (χ0v) is 10.00. The summed E-state index contributed by atoms with van der Waals surface area (Å²) >= 11 is 0. The number of para-hydroxylation sites is 1. The van der Waals surface area contributed by atoms with Crippen LogP contribution in [-0.4, -0.2) is 27.7 Å². The second-order valence-corrected chi connectivity index (χ2v) is 3.79. The van der Waals surface area contributed by atoms with Crippen LogP contribution in [0.5, 0.6) is 5.75 Å². The van der Waals surface area contributed by atoms with Crippen molar-refractivity contribution in [3.63, 3.8) is 0 Å². The number of nitrogens with zero attached hydrogens (tertiary/aromatic N) is 1. The molecule has 2 aromatic rings. The summed E-state index contributed by atoms with van der Waals surface area (Å²) in [5.74, 6) is -0.168. The molecule has 0 amide bonds. The molecule has 0 unspecified atom stereocenters. The van der Waals surface area contributed by atoms with Crippen LogP contribution in [-0.2, 0) is 6.42 Å². The lowest BCUT2D eigenvalue weighted by Gasteiger charge is -2.05. The minimum Gasteiger partial charge on any atom is -0.493 e. The largest absolute Gasteiger partial charge is 0.493 e. The zero-order chi connectivity index (χ0) is 13.7. The van der Waals surface area contributed by atoms with Crippen LogP contribution in [0.2, 0.25) is 0 Å². The molecule has 98 valence electrons. The Hall–Kier alpha value is -2.63. The average Bonchev–Trinajstić information content (AvgIpc) is 2.39. The van der Waals surface area contributed by atoms with Crippen molar-refractivity contribution in [1.29, 1.82) is 0 Å². The van der Waals surface area contributed by atoms with Crippen LogP contribution < -0.4 is 10.3 Å². The average molecular weight is 260 g/mol. The molecule has 0 radical (unpaired) electrons. The number of aromatic amines is 1. The summed E-state index contributed by atoms with van der Waals surface area (Å²) in [4.78, 5) is 28.3. The van der Waals surface area contributed by atoms with Gasteiger partial charge in [-0.15, -0.1) is 0 Å². The van der Waals surface area contributed by atoms with Crippen molar-refractivity contribution in [1.82, 2.24) is 9.97 Å². The van der Waals surface area contributed by atoms with E-state index in [0.29, 0.717) is 18.9 Å². The van der Waals surface area contributed by atoms with E-state index in [2.05, 4.69) is 9.97 Å². The predicted octanol–water partition coefficient (Wildman–Crippen LogP) is 1.09. The Morgan fingerprint density at radius 1 is 1.32 bits per heavy atom. The van der Waals surface area contributed by atoms with Gasteiger partial charge in [0.05, 0.1) is 6.61 Å². The second kappa shape index (κ2) is 5.81. The monoisotopic (exact) mass is 260 g/mol. The molecule has 0 atom stereocenters. The lowest BCUT2D eigenvalue weighted by Crippen LogP contribution is -2.21. The first-order valence-corrected chi connectivity index (χ1v) is 5.66. The number of ether oxygens (including phenoxy) is 1. The van der Waals surface area contributed by atoms with Gasteiger partial charge in [-0.05, 0) is 12.1 Å². The number of carboxylic acid groups (broad SMARTS) is 1. The SMILES string of the molecule is O=C(O)c1cnc(CCOc2ccccc2)[nH]c1=O. The number of rotatable bonds is 5. The van der Waals surface area contributed by atoms with Crippen molar-refractivity contribution in [2.24, 2.45) is 0 Å². The number of H-pyrrole nitrogens is 1. The Balaban J connectivity index is 1.95. The van der Waals surface area contributed by atoms with Gasteiger partial charge >= 0.3 is 5.97 Å². The Kier molecular flexibility index (Phi) is 3.92. The highest BCUT2D eigenvalue weighted by molar-refractivity contribution is 5.86. The highest BCUT2D eigenvalue weighted by atomic mass is 16.5. The number of benzene rings is 1. The van der Waals surface area contributed by atoms with Crippen molar-refractivity contribution >= 4 is 5.97 Å². The van der Waals surface area contributed by atoms with Crippen LogP contribution in [0.25, 0.3) is 0 Å². The van der Waals surface area contributed by atoms with Crippen LogP contribution in [0.15, 0.2) is 41.3 Å². The summed E-state index contributed by atoms with van der Waals surface area (Å²) in [6, 6.07) is 9.25. The third-order valence-corrected chi connectivity index (χ3v) is 2.43. The fourth-order valence-corrected chi connectivity index (χ4v) is 1.49. The molecule has 0 saturated carbocycles. The van der Waals surface area contributed by atoms with E-state index in [-0.39, 0.29) is 5.56 Å². The van der Waals surface area contributed by atoms with E-state index in [1.807, 2.05) is 30.3 Å². The van der Waals surface area contributed by atoms with E-state index < -0.39 is 11.5 Å². The van der Waals surface area contributed by atoms with Crippen LogP contribution >= 0.6 is 0 Å². The fourth-order valence-electron chi connectivity index (χ4n) is 1.49. The Bertz CT molecular complexity index is 622. The number of carboxylic acids is 1. The molecule has 0 aliphatic heterocycles. The van der Waals surface area contributed by atoms with Gasteiger partial charge in [-0.25, -0.2) is 9.78 Å². The molecular weight excluding hydrogens is 248 g/mol. The van der Waals surface area contributed by atoms with E-state index in [4.69, 9.17) is 9.84 Å². The molecule has 6 nitrogen and oxygen atoms in total. The van der Waals surface area contributed by atoms with Crippen molar-refractivity contribution in [3.8, 4) is 5.75 Å². The van der Waals surface area contributed by atoms with Gasteiger partial charge in [0.15, 0.2) is 0 Å². The van der Waals surface area contributed by atoms with Crippen LogP contribution in [0.4, 0.5) is 0 Å². The molecule has 0 fully saturated rings. The molecule has 1 aromatic carbocycles. The van der Waals surface area contributed by atoms with Gasteiger partial charge < -0.3 is 14.8 Å². The maximum atomic E-state index is 11.4. The molecule has 6 heteroatoms. The normalized spacial score (nSPS) is 10.1. The van der Waals surface area contributed by atoms with Crippen molar-refractivity contribution in [2.75, 3.05) is 6.61 Å². The summed E-state index contributed by atoms with van der Waals surface area (Å²) in [7, 11) is 0. The number of hydrogen-bond acceptors (Lipinski definition) is 4. The summed E-state index contributed by atoms with van der Waals surface area (Å²) < 4.78 is 5.45. The van der Waals surface area contributed by atoms with Crippen LogP contribution in [0.1, 0.15) is 16.2 Å². The first-order valence-electron chi connectivity index (χ1n) is 5.66. The summed E-state index contributed by atoms with van der Waals surface area (Å²) in [5, 5.41) is 8.70. The third-order valence-electron chi connectivity index (χ3n) is 2.43. The molecule has 0 aliphatic carbocycles. The van der Waals surface area contributed by atoms with Gasteiger partial charge in [-0.3, -0.25) is 4.79 Å². The van der Waals surface area contributed by atoms with Gasteiger partial charge in [-0.2, -0.15) is 0 Å². The van der Waals surface area contributed by atoms with Gasteiger partial charge in [-0.1, -0.05) is 18.2 Å². The van der Waals surface area contributed by atoms with Gasteiger partial charge in [0.1, 0.15) is 17.1 Å². The highest BCUT2D eigenvalue weighted by Gasteiger charge is 2.09. The molecule has 0 saturated heterocycles. The summed E-state index contributed by atoms with van der Waals surface area (Å²) in [5.41, 5.74) is -1.02. The lowest BCUT2D eigenvalue weighted by molar-refractivity contribution is 0.0694. The Morgan fingerprint density at radius 3 is 2.68 bits per heavy atom. The number of carbonyl (C=O) groups is 1. The van der Waals surface area contributed by atoms with Crippen LogP contribution in [0.3, 0.4) is 0 Å². The molecule has 0 spiro atoms. The van der Waals surface area contributed by atoms with Gasteiger partial charge in [0, 0.05) is 12.6 Å². The highest BCUT2D eigenvalue weighted by Crippen LogP contribution is 2.08. The van der Waals surface area contributed by atoms with Crippen LogP contribution in [0, 0.1) is 0 Å². The van der Waals surface area contributed by atoms with E-state index >= 15 is 0 Å². The van der Waals surface area contributed by atoms with Gasteiger partial charge in [0.25, 0.3) is 5.56 Å². The molecule has 0 bridgehead atoms. The summed E-state index contributed by atoms with van der Waals surface area (Å²) in [6.45, 7) is 0.347. The molecule has 1 heterocycles. The maximum Gasteiger partial charge on any atom is 0.342 e. The smallest absolute Gasteiger partial charge is 0.342 e. The van der Waals surface area contributed by atoms with Crippen molar-refractivity contribution in [2.45, 2.75) is 6.42 Å². The molecule has 2 rings (SSSR count). The molecule has 0 aliphatic rings. The quantitative estimate of drug-likeness (QED) is 0.839. The lowest BCUT2D eigenvalue weighted by atomic mass is 10.3. The maximum absolute atomic E-state index is 11.4. The Labute approximate surface area is 108 Å². The Morgan fingerprint density at radius 2 is 2.05 bits per heavy atom. The van der Waals surface area contributed by atoms with E-state index in [1.54, 1.807) is 0 Å². The first kappa shape index (κ1) is 12.8. The molecule has 1 aromatic heterocycles. The number of aromatic nitrogens is 2. The first-order chi connectivity index (χ1) is 9.16. The standard InChI is InChI=1S/C13H12N2O4/c16-12-10(13(17)18)8-14-11(15-12)6-7-19-9-4-2-1-3-5-9/h1-5,8H,6-7H2,(H,17,18)(H,14,15,16). The van der Waals surface area contributed by atoms with Crippen molar-refractivity contribution in [3.05, 3.63) is 58.3 Å². The molecular formula is C13H12N2O4. The predicted molar refractivity (Wildman–Crippen MR) is 67.5 cm³/mol. The second-order valence-electron chi connectivity index (χ2n) is 3.79. The minimum absolute atomic E-state index is 0.347. The van der Waals surface area contributed by atoms with E-state index in [9.17, 15) is 9.59 Å². The topological polar surface area (TPSA) is 92.3 Å². The number of hydrogen-bond donors (Lipinski definition) is 2. The fraction of sp³-hybridized carbons (Fsp3) is 0.154. The third kappa shape index (κ3) is 3.41. The van der Waals surface area contributed by atoms with Crippen molar-refractivity contribution < 1.29 is 14.6 Å². The summed E-state index contributed by atoms with van der Waals surface area (Å²) in [6.07, 6.45) is 1.45. The number of nitrogens with one attached hydrogen (secondary N) is 1.